The highest BCUT2D eigenvalue weighted by Crippen LogP contribution is 2.43. The second-order valence-electron chi connectivity index (χ2n) is 17.0. The van der Waals surface area contributed by atoms with E-state index in [-0.39, 0.29) is 24.3 Å². The number of carbonyl (C=O) groups excluding carboxylic acids is 1. The third kappa shape index (κ3) is 22.4. The Bertz CT molecular complexity index is 1190. The van der Waals surface area contributed by atoms with Crippen molar-refractivity contribution in [3.05, 3.63) is 84.5 Å². The maximum atomic E-state index is 13.0. The number of carbonyl (C=O) groups is 1. The molecule has 1 saturated heterocycles. The normalized spacial score (nSPS) is 19.4. The number of nitrogens with zero attached hydrogens (tertiary/aromatic N) is 1. The summed E-state index contributed by atoms with van der Waals surface area (Å²) < 4.78 is 19.6. The van der Waals surface area contributed by atoms with Crippen LogP contribution in [-0.2, 0) is 20.8 Å². The quantitative estimate of drug-likeness (QED) is 0.0526. The monoisotopic (exact) mass is 788 g/mol. The zero-order valence-corrected chi connectivity index (χ0v) is 37.0. The Labute approximate surface area is 351 Å². The van der Waals surface area contributed by atoms with Gasteiger partial charge in [-0.25, -0.2) is 4.79 Å². The number of unbranched alkanes of at least 4 members (excludes halogenated alkanes) is 18. The summed E-state index contributed by atoms with van der Waals surface area (Å²) in [4.78, 5) is 14.8. The minimum Gasteiger partial charge on any atom is -0.445 e. The van der Waals surface area contributed by atoms with Crippen LogP contribution >= 0.6 is 0 Å². The molecule has 57 heavy (non-hydrogen) atoms. The minimum atomic E-state index is -0.471. The molecule has 1 amide bonds. The molecule has 322 valence electrons. The van der Waals surface area contributed by atoms with Crippen molar-refractivity contribution < 1.29 is 19.0 Å². The van der Waals surface area contributed by atoms with Crippen molar-refractivity contribution >= 4 is 6.09 Å². The lowest BCUT2D eigenvalue weighted by Gasteiger charge is -2.34. The van der Waals surface area contributed by atoms with Crippen molar-refractivity contribution in [3.8, 4) is 0 Å². The van der Waals surface area contributed by atoms with Crippen LogP contribution in [0, 0.1) is 0 Å². The highest BCUT2D eigenvalue weighted by molar-refractivity contribution is 5.67. The summed E-state index contributed by atoms with van der Waals surface area (Å²) >= 11 is 0. The van der Waals surface area contributed by atoms with Gasteiger partial charge >= 0.3 is 6.09 Å². The number of allylic oxidation sites excluding steroid dienone is 8. The number of amides is 1. The van der Waals surface area contributed by atoms with Gasteiger partial charge in [0, 0.05) is 25.9 Å². The van der Waals surface area contributed by atoms with Crippen molar-refractivity contribution in [2.75, 3.05) is 7.05 Å². The molecule has 1 aromatic carbocycles. The second kappa shape index (κ2) is 32.2. The molecule has 1 aromatic rings. The molecule has 1 heterocycles. The molecule has 1 aliphatic heterocycles. The van der Waals surface area contributed by atoms with Crippen molar-refractivity contribution in [2.45, 2.75) is 231 Å². The minimum absolute atomic E-state index is 0.0438. The largest absolute Gasteiger partial charge is 0.445 e. The highest BCUT2D eigenvalue weighted by Gasteiger charge is 2.49. The first-order valence-corrected chi connectivity index (χ1v) is 24.0. The first-order valence-electron chi connectivity index (χ1n) is 24.0. The molecular formula is C52H85NO4. The maximum absolute atomic E-state index is 13.0. The van der Waals surface area contributed by atoms with Gasteiger partial charge in [-0.15, -0.1) is 0 Å². The van der Waals surface area contributed by atoms with Crippen LogP contribution in [0.2, 0.25) is 0 Å². The molecule has 0 spiro atoms. The van der Waals surface area contributed by atoms with Gasteiger partial charge in [-0.3, -0.25) is 0 Å². The summed E-state index contributed by atoms with van der Waals surface area (Å²) in [6.07, 6.45) is 53.4. The molecule has 0 aromatic heterocycles. The van der Waals surface area contributed by atoms with Crippen LogP contribution in [-0.4, -0.2) is 42.1 Å². The van der Waals surface area contributed by atoms with Gasteiger partial charge in [-0.1, -0.05) is 170 Å². The van der Waals surface area contributed by atoms with Gasteiger partial charge in [0.15, 0.2) is 5.79 Å². The Morgan fingerprint density at radius 1 is 0.614 bits per heavy atom. The summed E-state index contributed by atoms with van der Waals surface area (Å²) in [5.41, 5.74) is 1.01. The van der Waals surface area contributed by atoms with Gasteiger partial charge in [0.2, 0.25) is 0 Å². The van der Waals surface area contributed by atoms with E-state index in [1.165, 1.54) is 128 Å². The molecule has 3 rings (SSSR count). The Morgan fingerprint density at radius 2 is 1.07 bits per heavy atom. The molecule has 0 unspecified atom stereocenters. The van der Waals surface area contributed by atoms with Crippen LogP contribution < -0.4 is 0 Å². The number of rotatable bonds is 33. The lowest BCUT2D eigenvalue weighted by molar-refractivity contribution is -0.186. The third-order valence-corrected chi connectivity index (χ3v) is 12.0. The number of fused-ring (bicyclic) bond motifs is 1. The van der Waals surface area contributed by atoms with E-state index in [0.29, 0.717) is 6.61 Å². The maximum Gasteiger partial charge on any atom is 0.410 e. The first-order chi connectivity index (χ1) is 28.1. The van der Waals surface area contributed by atoms with E-state index in [9.17, 15) is 4.79 Å². The smallest absolute Gasteiger partial charge is 0.410 e. The summed E-state index contributed by atoms with van der Waals surface area (Å²) in [6, 6.07) is 10.0. The van der Waals surface area contributed by atoms with Crippen LogP contribution in [0.25, 0.3) is 0 Å². The van der Waals surface area contributed by atoms with Gasteiger partial charge in [-0.05, 0) is 102 Å². The standard InChI is InChI=1S/C52H85NO4/c1-4-6-8-10-12-14-16-18-20-22-24-26-28-30-32-37-43-52(44-38-33-31-29-27-25-23-21-19-17-15-13-11-9-7-5-2)56-49-42-41-48(45-50(49)57-52)53(3)51(54)55-46-47-39-35-34-36-40-47/h12-15,18-21,34-36,39-40,48-50H,4-11,16-17,22-33,37-38,41-46H2,1-3H3/b14-12-,15-13-,20-18-,21-19-/t48-,49+,50-/m1/s1. The molecule has 2 fully saturated rings. The molecule has 0 radical (unpaired) electrons. The first kappa shape index (κ1) is 48.7. The van der Waals surface area contributed by atoms with E-state index in [4.69, 9.17) is 14.2 Å². The van der Waals surface area contributed by atoms with E-state index >= 15 is 0 Å². The van der Waals surface area contributed by atoms with Crippen molar-refractivity contribution in [2.24, 2.45) is 0 Å². The van der Waals surface area contributed by atoms with Crippen LogP contribution in [0.4, 0.5) is 4.79 Å². The molecule has 3 atom stereocenters. The van der Waals surface area contributed by atoms with Crippen molar-refractivity contribution in [3.63, 3.8) is 0 Å². The van der Waals surface area contributed by atoms with Crippen molar-refractivity contribution in [1.82, 2.24) is 4.90 Å². The molecular weight excluding hydrogens is 703 g/mol. The van der Waals surface area contributed by atoms with E-state index in [1.54, 1.807) is 4.90 Å². The van der Waals surface area contributed by atoms with E-state index in [1.807, 2.05) is 37.4 Å². The fraction of sp³-hybridized carbons (Fsp3) is 0.712. The average Bonchev–Trinajstić information content (AvgIpc) is 3.60. The SMILES string of the molecule is CCCCC/C=C\C/C=C\CCCCCCCCC1(CCCCCCCC/C=C\C/C=C\CCCCC)O[C@H]2CC[C@@H](N(C)C(=O)OCc3ccccc3)C[C@H]2O1. The van der Waals surface area contributed by atoms with Crippen LogP contribution in [0.15, 0.2) is 78.9 Å². The topological polar surface area (TPSA) is 48.0 Å². The Morgan fingerprint density at radius 3 is 1.58 bits per heavy atom. The third-order valence-electron chi connectivity index (χ3n) is 12.0. The van der Waals surface area contributed by atoms with Crippen LogP contribution in [0.1, 0.15) is 206 Å². The predicted molar refractivity (Wildman–Crippen MR) is 242 cm³/mol. The van der Waals surface area contributed by atoms with Crippen molar-refractivity contribution in [1.29, 1.82) is 0 Å². The molecule has 5 heteroatoms. The zero-order chi connectivity index (χ0) is 40.5. The number of benzene rings is 1. The lowest BCUT2D eigenvalue weighted by Crippen LogP contribution is -2.45. The average molecular weight is 788 g/mol. The predicted octanol–water partition coefficient (Wildman–Crippen LogP) is 15.7. The van der Waals surface area contributed by atoms with Gasteiger partial charge in [-0.2, -0.15) is 0 Å². The van der Waals surface area contributed by atoms with Crippen LogP contribution in [0.3, 0.4) is 0 Å². The van der Waals surface area contributed by atoms with E-state index in [0.717, 1.165) is 63.4 Å². The van der Waals surface area contributed by atoms with Gasteiger partial charge in [0.1, 0.15) is 6.61 Å². The molecule has 0 N–H and O–H groups in total. The molecule has 2 aliphatic rings. The van der Waals surface area contributed by atoms with Gasteiger partial charge in [0.05, 0.1) is 12.2 Å². The molecule has 0 bridgehead atoms. The Hall–Kier alpha value is -2.63. The highest BCUT2D eigenvalue weighted by atomic mass is 16.8. The summed E-state index contributed by atoms with van der Waals surface area (Å²) in [5, 5.41) is 0. The van der Waals surface area contributed by atoms with E-state index < -0.39 is 5.79 Å². The molecule has 1 saturated carbocycles. The second-order valence-corrected chi connectivity index (χ2v) is 17.0. The Kier molecular flexibility index (Phi) is 27.6. The number of ether oxygens (including phenoxy) is 3. The zero-order valence-electron chi connectivity index (χ0n) is 37.0. The number of hydrogen-bond donors (Lipinski definition) is 0. The fourth-order valence-electron chi connectivity index (χ4n) is 8.37. The van der Waals surface area contributed by atoms with Gasteiger partial charge < -0.3 is 19.1 Å². The van der Waals surface area contributed by atoms with Crippen LogP contribution in [0.5, 0.6) is 0 Å². The molecule has 5 nitrogen and oxygen atoms in total. The lowest BCUT2D eigenvalue weighted by atomic mass is 9.90. The van der Waals surface area contributed by atoms with Gasteiger partial charge in [0.25, 0.3) is 0 Å². The summed E-state index contributed by atoms with van der Waals surface area (Å²) in [5.74, 6) is -0.471. The number of hydrogen-bond acceptors (Lipinski definition) is 4. The summed E-state index contributed by atoms with van der Waals surface area (Å²) in [7, 11) is 1.88. The summed E-state index contributed by atoms with van der Waals surface area (Å²) in [6.45, 7) is 4.83. The van der Waals surface area contributed by atoms with E-state index in [2.05, 4.69) is 62.5 Å². The fourth-order valence-corrected chi connectivity index (χ4v) is 8.37. The Balaban J connectivity index is 1.36. The molecule has 1 aliphatic carbocycles.